The van der Waals surface area contributed by atoms with E-state index in [4.69, 9.17) is 5.73 Å². The molecule has 3 rings (SSSR count). The van der Waals surface area contributed by atoms with E-state index in [2.05, 4.69) is 21.7 Å². The van der Waals surface area contributed by atoms with Crippen molar-refractivity contribution in [3.8, 4) is 0 Å². The fraction of sp³-hybridized carbons (Fsp3) is 0.812. The highest BCUT2D eigenvalue weighted by atomic mass is 32.1. The maximum atomic E-state index is 10.4. The van der Waals surface area contributed by atoms with Crippen molar-refractivity contribution in [3.63, 3.8) is 0 Å². The quantitative estimate of drug-likeness (QED) is 0.884. The van der Waals surface area contributed by atoms with Crippen LogP contribution in [-0.4, -0.2) is 58.3 Å². The first kappa shape index (κ1) is 16.2. The van der Waals surface area contributed by atoms with Crippen LogP contribution in [0.15, 0.2) is 5.38 Å². The summed E-state index contributed by atoms with van der Waals surface area (Å²) in [6.07, 6.45) is 5.18. The largest absolute Gasteiger partial charge is 0.378 e. The third-order valence-electron chi connectivity index (χ3n) is 5.22. The molecule has 1 atom stereocenters. The molecule has 2 saturated heterocycles. The molecule has 0 aromatic carbocycles. The molecule has 22 heavy (non-hydrogen) atoms. The predicted molar refractivity (Wildman–Crippen MR) is 90.8 cm³/mol. The van der Waals surface area contributed by atoms with Gasteiger partial charge in [-0.3, -0.25) is 4.90 Å². The minimum absolute atomic E-state index is 0.427. The number of hydrogen-bond acceptors (Lipinski definition) is 6. The Labute approximate surface area is 137 Å². The highest BCUT2D eigenvalue weighted by molar-refractivity contribution is 7.13. The van der Waals surface area contributed by atoms with Crippen LogP contribution in [0.1, 0.15) is 38.3 Å². The van der Waals surface area contributed by atoms with Gasteiger partial charge in [0.1, 0.15) is 6.23 Å². The highest BCUT2D eigenvalue weighted by Crippen LogP contribution is 2.24. The first-order valence-electron chi connectivity index (χ1n) is 8.48. The number of likely N-dealkylation sites (tertiary alicyclic amines) is 2. The molecule has 0 bridgehead atoms. The molecule has 3 heterocycles. The van der Waals surface area contributed by atoms with E-state index < -0.39 is 6.23 Å². The van der Waals surface area contributed by atoms with E-state index >= 15 is 0 Å². The SMILES string of the molecule is CC1CCN(C2CCN(C(O)Cc3csc(N)n3)CC2)CC1. The molecule has 0 radical (unpaired) electrons. The van der Waals surface area contributed by atoms with Crippen molar-refractivity contribution >= 4 is 16.5 Å². The molecule has 0 aliphatic carbocycles. The molecule has 2 aliphatic heterocycles. The topological polar surface area (TPSA) is 65.6 Å². The van der Waals surface area contributed by atoms with E-state index in [0.717, 1.165) is 24.7 Å². The number of nitrogens with two attached hydrogens (primary N) is 1. The van der Waals surface area contributed by atoms with Gasteiger partial charge in [0.25, 0.3) is 0 Å². The summed E-state index contributed by atoms with van der Waals surface area (Å²) in [5, 5.41) is 12.9. The zero-order valence-corrected chi connectivity index (χ0v) is 14.3. The van der Waals surface area contributed by atoms with E-state index in [-0.39, 0.29) is 0 Å². The van der Waals surface area contributed by atoms with Crippen LogP contribution >= 0.6 is 11.3 Å². The molecular weight excluding hydrogens is 296 g/mol. The van der Waals surface area contributed by atoms with Crippen LogP contribution in [0.2, 0.25) is 0 Å². The van der Waals surface area contributed by atoms with Crippen LogP contribution in [0.3, 0.4) is 0 Å². The monoisotopic (exact) mass is 324 g/mol. The Morgan fingerprint density at radius 2 is 1.95 bits per heavy atom. The highest BCUT2D eigenvalue weighted by Gasteiger charge is 2.29. The van der Waals surface area contributed by atoms with Crippen LogP contribution in [0, 0.1) is 5.92 Å². The van der Waals surface area contributed by atoms with E-state index in [0.29, 0.717) is 17.6 Å². The van der Waals surface area contributed by atoms with Gasteiger partial charge in [-0.15, -0.1) is 11.3 Å². The molecule has 1 aromatic heterocycles. The van der Waals surface area contributed by atoms with E-state index in [9.17, 15) is 5.11 Å². The number of nitrogens with zero attached hydrogens (tertiary/aromatic N) is 3. The number of aliphatic hydroxyl groups excluding tert-OH is 1. The standard InChI is InChI=1S/C16H28N4OS/c1-12-2-6-19(7-3-12)14-4-8-20(9-5-14)15(21)10-13-11-22-16(17)18-13/h11-12,14-15,21H,2-10H2,1H3,(H2,17,18). The summed E-state index contributed by atoms with van der Waals surface area (Å²) >= 11 is 1.44. The van der Waals surface area contributed by atoms with Gasteiger partial charge in [0, 0.05) is 30.9 Å². The van der Waals surface area contributed by atoms with Gasteiger partial charge >= 0.3 is 0 Å². The summed E-state index contributed by atoms with van der Waals surface area (Å²) in [4.78, 5) is 9.11. The summed E-state index contributed by atoms with van der Waals surface area (Å²) in [7, 11) is 0. The Bertz CT molecular complexity index is 464. The van der Waals surface area contributed by atoms with Gasteiger partial charge in [-0.25, -0.2) is 4.98 Å². The van der Waals surface area contributed by atoms with Crippen LogP contribution < -0.4 is 5.73 Å². The summed E-state index contributed by atoms with van der Waals surface area (Å²) in [5.74, 6) is 0.892. The Morgan fingerprint density at radius 3 is 2.55 bits per heavy atom. The molecule has 0 amide bonds. The number of rotatable bonds is 4. The van der Waals surface area contributed by atoms with Crippen molar-refractivity contribution in [2.75, 3.05) is 31.9 Å². The third-order valence-corrected chi connectivity index (χ3v) is 5.94. The lowest BCUT2D eigenvalue weighted by molar-refractivity contribution is -0.0271. The van der Waals surface area contributed by atoms with Crippen molar-refractivity contribution in [1.82, 2.24) is 14.8 Å². The van der Waals surface area contributed by atoms with Crippen molar-refractivity contribution in [3.05, 3.63) is 11.1 Å². The lowest BCUT2D eigenvalue weighted by atomic mass is 9.95. The van der Waals surface area contributed by atoms with Gasteiger partial charge in [-0.05, 0) is 44.7 Å². The number of aromatic nitrogens is 1. The van der Waals surface area contributed by atoms with Crippen LogP contribution in [-0.2, 0) is 6.42 Å². The zero-order chi connectivity index (χ0) is 15.5. The zero-order valence-electron chi connectivity index (χ0n) is 13.4. The first-order valence-corrected chi connectivity index (χ1v) is 9.36. The molecule has 2 fully saturated rings. The summed E-state index contributed by atoms with van der Waals surface area (Å²) in [5.41, 5.74) is 6.55. The minimum Gasteiger partial charge on any atom is -0.378 e. The number of thiazole rings is 1. The maximum absolute atomic E-state index is 10.4. The van der Waals surface area contributed by atoms with Gasteiger partial charge in [-0.2, -0.15) is 0 Å². The molecular formula is C16H28N4OS. The fourth-order valence-corrected chi connectivity index (χ4v) is 4.25. The summed E-state index contributed by atoms with van der Waals surface area (Å²) in [6, 6.07) is 0.714. The van der Waals surface area contributed by atoms with Gasteiger partial charge in [0.2, 0.25) is 0 Å². The average Bonchev–Trinajstić information content (AvgIpc) is 2.93. The molecule has 124 valence electrons. The van der Waals surface area contributed by atoms with Gasteiger partial charge in [0.05, 0.1) is 5.69 Å². The van der Waals surface area contributed by atoms with Gasteiger partial charge in [-0.1, -0.05) is 6.92 Å². The third kappa shape index (κ3) is 3.98. The lowest BCUT2D eigenvalue weighted by Crippen LogP contribution is -2.50. The second-order valence-electron chi connectivity index (χ2n) is 6.85. The first-order chi connectivity index (χ1) is 10.6. The molecule has 5 nitrogen and oxygen atoms in total. The molecule has 6 heteroatoms. The number of aliphatic hydroxyl groups is 1. The normalized spacial score (nSPS) is 24.6. The fourth-order valence-electron chi connectivity index (χ4n) is 3.68. The molecule has 2 aliphatic rings. The average molecular weight is 324 g/mol. The Morgan fingerprint density at radius 1 is 1.27 bits per heavy atom. The van der Waals surface area contributed by atoms with Crippen molar-refractivity contribution in [2.24, 2.45) is 5.92 Å². The second-order valence-corrected chi connectivity index (χ2v) is 7.74. The van der Waals surface area contributed by atoms with Crippen molar-refractivity contribution in [2.45, 2.75) is 51.3 Å². The summed E-state index contributed by atoms with van der Waals surface area (Å²) in [6.45, 7) is 6.84. The van der Waals surface area contributed by atoms with Gasteiger partial charge in [0.15, 0.2) is 5.13 Å². The summed E-state index contributed by atoms with van der Waals surface area (Å²) < 4.78 is 0. The molecule has 0 saturated carbocycles. The minimum atomic E-state index is -0.427. The van der Waals surface area contributed by atoms with Crippen LogP contribution in [0.25, 0.3) is 0 Å². The lowest BCUT2D eigenvalue weighted by Gasteiger charge is -2.42. The molecule has 0 spiro atoms. The van der Waals surface area contributed by atoms with Crippen LogP contribution in [0.4, 0.5) is 5.13 Å². The number of nitrogen functional groups attached to an aromatic ring is 1. The molecule has 3 N–H and O–H groups in total. The Kier molecular flexibility index (Phi) is 5.33. The maximum Gasteiger partial charge on any atom is 0.180 e. The van der Waals surface area contributed by atoms with Crippen molar-refractivity contribution in [1.29, 1.82) is 0 Å². The van der Waals surface area contributed by atoms with E-state index in [1.807, 2.05) is 5.38 Å². The van der Waals surface area contributed by atoms with E-state index in [1.165, 1.54) is 50.1 Å². The number of piperidine rings is 2. The van der Waals surface area contributed by atoms with Crippen molar-refractivity contribution < 1.29 is 5.11 Å². The Hall–Kier alpha value is -0.690. The Balaban J connectivity index is 1.45. The second kappa shape index (κ2) is 7.25. The smallest absolute Gasteiger partial charge is 0.180 e. The number of hydrogen-bond donors (Lipinski definition) is 2. The van der Waals surface area contributed by atoms with E-state index in [1.54, 1.807) is 0 Å². The van der Waals surface area contributed by atoms with Gasteiger partial charge < -0.3 is 15.7 Å². The molecule has 1 aromatic rings. The molecule has 1 unspecified atom stereocenters. The predicted octanol–water partition coefficient (Wildman–Crippen LogP) is 1.78. The number of anilines is 1. The van der Waals surface area contributed by atoms with Crippen LogP contribution in [0.5, 0.6) is 0 Å².